The van der Waals surface area contributed by atoms with Crippen LogP contribution >= 0.6 is 0 Å². The van der Waals surface area contributed by atoms with Gasteiger partial charge in [-0.1, -0.05) is 37.6 Å². The highest BCUT2D eigenvalue weighted by Crippen LogP contribution is 2.45. The number of hydrogen-bond acceptors (Lipinski definition) is 4. The summed E-state index contributed by atoms with van der Waals surface area (Å²) in [5.41, 5.74) is 2.15. The molecule has 1 fully saturated rings. The zero-order valence-electron chi connectivity index (χ0n) is 16.7. The van der Waals surface area contributed by atoms with E-state index in [9.17, 15) is 14.0 Å². The number of ether oxygens (including phenoxy) is 1. The van der Waals surface area contributed by atoms with Gasteiger partial charge in [0.1, 0.15) is 17.8 Å². The Hall–Kier alpha value is -2.43. The van der Waals surface area contributed by atoms with Gasteiger partial charge >= 0.3 is 5.97 Å². The van der Waals surface area contributed by atoms with Gasteiger partial charge in [0.05, 0.1) is 0 Å². The third kappa shape index (κ3) is 4.00. The number of esters is 1. The Bertz CT molecular complexity index is 851. The zero-order valence-corrected chi connectivity index (χ0v) is 16.7. The van der Waals surface area contributed by atoms with E-state index in [4.69, 9.17) is 4.74 Å². The largest absolute Gasteiger partial charge is 0.462 e. The fraction of sp³-hybridized carbons (Fsp3) is 0.500. The van der Waals surface area contributed by atoms with Crippen molar-refractivity contribution in [3.63, 3.8) is 0 Å². The molecule has 2 unspecified atom stereocenters. The van der Waals surface area contributed by atoms with Crippen molar-refractivity contribution in [3.05, 3.63) is 59.2 Å². The maximum Gasteiger partial charge on any atom is 0.316 e. The van der Waals surface area contributed by atoms with Crippen molar-refractivity contribution in [2.45, 2.75) is 69.8 Å². The second-order valence-corrected chi connectivity index (χ2v) is 8.35. The molecule has 0 radical (unpaired) electrons. The molecule has 1 aromatic rings. The van der Waals surface area contributed by atoms with Crippen LogP contribution in [0.2, 0.25) is 0 Å². The van der Waals surface area contributed by atoms with Crippen molar-refractivity contribution in [1.82, 2.24) is 5.32 Å². The monoisotopic (exact) mass is 397 g/mol. The lowest BCUT2D eigenvalue weighted by Gasteiger charge is -2.38. The van der Waals surface area contributed by atoms with Crippen molar-refractivity contribution in [2.75, 3.05) is 0 Å². The van der Waals surface area contributed by atoms with Crippen LogP contribution in [-0.4, -0.2) is 17.9 Å². The first kappa shape index (κ1) is 19.9. The highest BCUT2D eigenvalue weighted by molar-refractivity contribution is 6.00. The van der Waals surface area contributed by atoms with Gasteiger partial charge in [-0.2, -0.15) is 0 Å². The van der Waals surface area contributed by atoms with Gasteiger partial charge in [-0.05, 0) is 50.2 Å². The molecule has 4 rings (SSSR count). The molecule has 154 valence electrons. The van der Waals surface area contributed by atoms with Gasteiger partial charge in [0, 0.05) is 29.3 Å². The summed E-state index contributed by atoms with van der Waals surface area (Å²) in [6, 6.07) is 6.40. The Morgan fingerprint density at radius 2 is 1.79 bits per heavy atom. The van der Waals surface area contributed by atoms with Crippen molar-refractivity contribution < 1.29 is 18.7 Å². The standard InChI is InChI=1S/C24H28FNO3/c1-15-21(24(28)29-16-9-4-2-3-5-10-16)22(17-11-6-7-12-18(17)25)23-19(26-15)13-8-14-20(23)27/h6-7,11-12,16,21-22,26H,1-5,8-10,13-14H2. The lowest BCUT2D eigenvalue weighted by molar-refractivity contribution is -0.154. The average Bonchev–Trinajstić information content (AvgIpc) is 2.96. The summed E-state index contributed by atoms with van der Waals surface area (Å²) in [6.07, 6.45) is 7.89. The molecule has 29 heavy (non-hydrogen) atoms. The van der Waals surface area contributed by atoms with Crippen LogP contribution in [-0.2, 0) is 14.3 Å². The summed E-state index contributed by atoms with van der Waals surface area (Å²) < 4.78 is 20.7. The van der Waals surface area contributed by atoms with Crippen LogP contribution in [0.1, 0.15) is 69.3 Å². The maximum atomic E-state index is 14.8. The Morgan fingerprint density at radius 3 is 2.52 bits per heavy atom. The molecule has 3 aliphatic rings. The topological polar surface area (TPSA) is 55.4 Å². The Labute approximate surface area is 171 Å². The summed E-state index contributed by atoms with van der Waals surface area (Å²) in [6.45, 7) is 4.07. The normalized spacial score (nSPS) is 25.8. The van der Waals surface area contributed by atoms with Gasteiger partial charge in [0.25, 0.3) is 0 Å². The second kappa shape index (κ2) is 8.52. The number of halogens is 1. The van der Waals surface area contributed by atoms with Crippen molar-refractivity contribution in [2.24, 2.45) is 5.92 Å². The van der Waals surface area contributed by atoms with Gasteiger partial charge in [-0.25, -0.2) is 4.39 Å². The number of allylic oxidation sites excluding steroid dienone is 2. The Balaban J connectivity index is 1.71. The molecule has 0 spiro atoms. The first-order valence-electron chi connectivity index (χ1n) is 10.7. The predicted octanol–water partition coefficient (Wildman–Crippen LogP) is 4.92. The lowest BCUT2D eigenvalue weighted by atomic mass is 9.71. The molecule has 1 N–H and O–H groups in total. The molecule has 2 aliphatic carbocycles. The maximum absolute atomic E-state index is 14.8. The number of nitrogens with one attached hydrogen (secondary N) is 1. The van der Waals surface area contributed by atoms with E-state index in [1.54, 1.807) is 18.2 Å². The van der Waals surface area contributed by atoms with Gasteiger partial charge < -0.3 is 10.1 Å². The van der Waals surface area contributed by atoms with E-state index in [0.29, 0.717) is 29.7 Å². The SMILES string of the molecule is C=C1NC2=C(C(=O)CCC2)C(c2ccccc2F)C1C(=O)OC1CCCCCC1. The van der Waals surface area contributed by atoms with Gasteiger partial charge in [0.15, 0.2) is 5.78 Å². The van der Waals surface area contributed by atoms with Gasteiger partial charge in [-0.15, -0.1) is 0 Å². The van der Waals surface area contributed by atoms with Gasteiger partial charge in [0.2, 0.25) is 0 Å². The number of carbonyl (C=O) groups excluding carboxylic acids is 2. The highest BCUT2D eigenvalue weighted by Gasteiger charge is 2.45. The molecule has 4 nitrogen and oxygen atoms in total. The van der Waals surface area contributed by atoms with E-state index in [0.717, 1.165) is 50.6 Å². The molecule has 0 bridgehead atoms. The predicted molar refractivity (Wildman–Crippen MR) is 108 cm³/mol. The van der Waals surface area contributed by atoms with Crippen LogP contribution in [0.5, 0.6) is 0 Å². The molecule has 1 aliphatic heterocycles. The number of ketones is 1. The smallest absolute Gasteiger partial charge is 0.316 e. The quantitative estimate of drug-likeness (QED) is 0.581. The van der Waals surface area contributed by atoms with Crippen LogP contribution in [0.3, 0.4) is 0 Å². The molecular formula is C24H28FNO3. The van der Waals surface area contributed by atoms with E-state index in [1.165, 1.54) is 6.07 Å². The summed E-state index contributed by atoms with van der Waals surface area (Å²) >= 11 is 0. The van der Waals surface area contributed by atoms with Crippen molar-refractivity contribution in [1.29, 1.82) is 0 Å². The molecule has 1 heterocycles. The second-order valence-electron chi connectivity index (χ2n) is 8.35. The van der Waals surface area contributed by atoms with Crippen molar-refractivity contribution >= 4 is 11.8 Å². The molecule has 0 saturated heterocycles. The van der Waals surface area contributed by atoms with E-state index in [2.05, 4.69) is 11.9 Å². The summed E-state index contributed by atoms with van der Waals surface area (Å²) in [5, 5.41) is 3.19. The molecular weight excluding hydrogens is 369 g/mol. The first-order chi connectivity index (χ1) is 14.1. The number of carbonyl (C=O) groups is 2. The summed E-state index contributed by atoms with van der Waals surface area (Å²) in [7, 11) is 0. The first-order valence-corrected chi connectivity index (χ1v) is 10.7. The van der Waals surface area contributed by atoms with E-state index in [1.807, 2.05) is 0 Å². The molecule has 1 aromatic carbocycles. The average molecular weight is 397 g/mol. The van der Waals surface area contributed by atoms with E-state index >= 15 is 0 Å². The van der Waals surface area contributed by atoms with Crippen LogP contribution < -0.4 is 5.32 Å². The highest BCUT2D eigenvalue weighted by atomic mass is 19.1. The number of benzene rings is 1. The molecule has 2 atom stereocenters. The fourth-order valence-corrected chi connectivity index (χ4v) is 4.93. The van der Waals surface area contributed by atoms with Crippen LogP contribution in [0.15, 0.2) is 47.8 Å². The zero-order chi connectivity index (χ0) is 20.4. The Morgan fingerprint density at radius 1 is 1.07 bits per heavy atom. The van der Waals surface area contributed by atoms with E-state index in [-0.39, 0.29) is 11.9 Å². The van der Waals surface area contributed by atoms with E-state index < -0.39 is 23.6 Å². The Kier molecular flexibility index (Phi) is 5.84. The summed E-state index contributed by atoms with van der Waals surface area (Å²) in [5.74, 6) is -2.34. The van der Waals surface area contributed by atoms with Gasteiger partial charge in [-0.3, -0.25) is 9.59 Å². The summed E-state index contributed by atoms with van der Waals surface area (Å²) in [4.78, 5) is 26.1. The fourth-order valence-electron chi connectivity index (χ4n) is 4.93. The minimum atomic E-state index is -0.809. The number of rotatable bonds is 3. The molecule has 5 heteroatoms. The third-order valence-corrected chi connectivity index (χ3v) is 6.37. The van der Waals surface area contributed by atoms with Crippen LogP contribution in [0.25, 0.3) is 0 Å². The van der Waals surface area contributed by atoms with Crippen LogP contribution in [0, 0.1) is 11.7 Å². The molecule has 1 saturated carbocycles. The lowest BCUT2D eigenvalue weighted by Crippen LogP contribution is -2.42. The molecule has 0 aromatic heterocycles. The minimum Gasteiger partial charge on any atom is -0.462 e. The number of Topliss-reactive ketones (excluding diaryl/α,β-unsaturated/α-hetero) is 1. The van der Waals surface area contributed by atoms with Crippen LogP contribution in [0.4, 0.5) is 4.39 Å². The van der Waals surface area contributed by atoms with Crippen molar-refractivity contribution in [3.8, 4) is 0 Å². The molecule has 0 amide bonds. The third-order valence-electron chi connectivity index (χ3n) is 6.37. The number of hydrogen-bond donors (Lipinski definition) is 1. The minimum absolute atomic E-state index is 0.0215.